The molecule has 3 nitrogen and oxygen atoms in total. The van der Waals surface area contributed by atoms with Gasteiger partial charge in [0.15, 0.2) is 0 Å². The monoisotopic (exact) mass is 249 g/mol. The highest BCUT2D eigenvalue weighted by atomic mass is 16.5. The molecular weight excluding hydrogens is 226 g/mol. The SMILES string of the molecule is CNC(COC1CCOC1)c1cc(C)ccc1C. The van der Waals surface area contributed by atoms with Crippen molar-refractivity contribution < 1.29 is 9.47 Å². The van der Waals surface area contributed by atoms with Crippen LogP contribution in [0, 0.1) is 13.8 Å². The summed E-state index contributed by atoms with van der Waals surface area (Å²) < 4.78 is 11.2. The molecule has 0 amide bonds. The lowest BCUT2D eigenvalue weighted by atomic mass is 9.99. The highest BCUT2D eigenvalue weighted by Crippen LogP contribution is 2.20. The molecule has 0 aromatic heterocycles. The Kier molecular flexibility index (Phi) is 4.75. The van der Waals surface area contributed by atoms with Crippen LogP contribution in [0.25, 0.3) is 0 Å². The molecule has 0 saturated carbocycles. The van der Waals surface area contributed by atoms with Crippen molar-refractivity contribution in [2.75, 3.05) is 26.9 Å². The Bertz CT molecular complexity index is 386. The summed E-state index contributed by atoms with van der Waals surface area (Å²) in [7, 11) is 1.99. The highest BCUT2D eigenvalue weighted by molar-refractivity contribution is 5.33. The molecule has 1 aromatic carbocycles. The van der Waals surface area contributed by atoms with E-state index >= 15 is 0 Å². The van der Waals surface area contributed by atoms with Crippen molar-refractivity contribution in [1.29, 1.82) is 0 Å². The fourth-order valence-electron chi connectivity index (χ4n) is 2.34. The van der Waals surface area contributed by atoms with E-state index in [4.69, 9.17) is 9.47 Å². The molecule has 2 unspecified atom stereocenters. The van der Waals surface area contributed by atoms with Crippen LogP contribution in [0.1, 0.15) is 29.2 Å². The van der Waals surface area contributed by atoms with Gasteiger partial charge in [0.25, 0.3) is 0 Å². The van der Waals surface area contributed by atoms with Gasteiger partial charge in [-0.2, -0.15) is 0 Å². The molecule has 0 spiro atoms. The minimum atomic E-state index is 0.255. The minimum absolute atomic E-state index is 0.255. The first-order valence-electron chi connectivity index (χ1n) is 6.64. The van der Waals surface area contributed by atoms with Crippen molar-refractivity contribution in [3.63, 3.8) is 0 Å². The van der Waals surface area contributed by atoms with E-state index in [2.05, 4.69) is 37.4 Å². The van der Waals surface area contributed by atoms with Gasteiger partial charge < -0.3 is 14.8 Å². The van der Waals surface area contributed by atoms with Crippen LogP contribution < -0.4 is 5.32 Å². The lowest BCUT2D eigenvalue weighted by Crippen LogP contribution is -2.26. The molecule has 1 aliphatic heterocycles. The topological polar surface area (TPSA) is 30.5 Å². The third-order valence-electron chi connectivity index (χ3n) is 3.55. The van der Waals surface area contributed by atoms with Gasteiger partial charge in [-0.05, 0) is 38.4 Å². The normalized spacial score (nSPS) is 21.2. The van der Waals surface area contributed by atoms with E-state index in [1.54, 1.807) is 0 Å². The molecule has 0 radical (unpaired) electrons. The van der Waals surface area contributed by atoms with Gasteiger partial charge in [-0.3, -0.25) is 0 Å². The molecule has 1 aliphatic rings. The predicted octanol–water partition coefficient (Wildman–Crippen LogP) is 2.37. The molecule has 2 atom stereocenters. The van der Waals surface area contributed by atoms with E-state index in [0.29, 0.717) is 6.61 Å². The first-order chi connectivity index (χ1) is 8.70. The lowest BCUT2D eigenvalue weighted by molar-refractivity contribution is 0.0307. The van der Waals surface area contributed by atoms with Crippen LogP contribution in [0.3, 0.4) is 0 Å². The van der Waals surface area contributed by atoms with E-state index in [9.17, 15) is 0 Å². The Balaban J connectivity index is 2.00. The van der Waals surface area contributed by atoms with Crippen molar-refractivity contribution in [3.05, 3.63) is 34.9 Å². The fourth-order valence-corrected chi connectivity index (χ4v) is 2.34. The van der Waals surface area contributed by atoms with Crippen molar-refractivity contribution in [2.45, 2.75) is 32.4 Å². The summed E-state index contributed by atoms with van der Waals surface area (Å²) in [6.07, 6.45) is 1.29. The van der Waals surface area contributed by atoms with Crippen LogP contribution in [0.5, 0.6) is 0 Å². The van der Waals surface area contributed by atoms with Gasteiger partial charge in [-0.1, -0.05) is 23.8 Å². The molecule has 18 heavy (non-hydrogen) atoms. The molecule has 0 aliphatic carbocycles. The molecule has 2 rings (SSSR count). The van der Waals surface area contributed by atoms with Crippen molar-refractivity contribution >= 4 is 0 Å². The Morgan fingerprint density at radius 1 is 1.44 bits per heavy atom. The van der Waals surface area contributed by atoms with Crippen LogP contribution in [-0.2, 0) is 9.47 Å². The fraction of sp³-hybridized carbons (Fsp3) is 0.600. The number of nitrogens with one attached hydrogen (secondary N) is 1. The summed E-state index contributed by atoms with van der Waals surface area (Å²) in [6, 6.07) is 6.82. The minimum Gasteiger partial charge on any atom is -0.379 e. The average molecular weight is 249 g/mol. The molecule has 1 N–H and O–H groups in total. The maximum absolute atomic E-state index is 5.92. The standard InChI is InChI=1S/C15H23NO2/c1-11-4-5-12(2)14(8-11)15(16-3)10-18-13-6-7-17-9-13/h4-5,8,13,15-16H,6-7,9-10H2,1-3H3. The number of likely N-dealkylation sites (N-methyl/N-ethyl adjacent to an activating group) is 1. The van der Waals surface area contributed by atoms with Gasteiger partial charge in [0, 0.05) is 6.61 Å². The third kappa shape index (κ3) is 3.31. The number of rotatable bonds is 5. The second kappa shape index (κ2) is 6.32. The molecule has 3 heteroatoms. The zero-order chi connectivity index (χ0) is 13.0. The summed E-state index contributed by atoms with van der Waals surface area (Å²) in [5.74, 6) is 0. The molecular formula is C15H23NO2. The lowest BCUT2D eigenvalue weighted by Gasteiger charge is -2.21. The molecule has 1 aromatic rings. The quantitative estimate of drug-likeness (QED) is 0.869. The predicted molar refractivity (Wildman–Crippen MR) is 72.9 cm³/mol. The molecule has 0 bridgehead atoms. The van der Waals surface area contributed by atoms with E-state index in [0.717, 1.165) is 19.6 Å². The molecule has 1 fully saturated rings. The Morgan fingerprint density at radius 3 is 2.94 bits per heavy atom. The summed E-state index contributed by atoms with van der Waals surface area (Å²) in [4.78, 5) is 0. The summed E-state index contributed by atoms with van der Waals surface area (Å²) >= 11 is 0. The molecule has 1 heterocycles. The van der Waals surface area contributed by atoms with E-state index < -0.39 is 0 Å². The summed E-state index contributed by atoms with van der Waals surface area (Å²) in [6.45, 7) is 6.55. The van der Waals surface area contributed by atoms with Crippen LogP contribution in [-0.4, -0.2) is 33.0 Å². The van der Waals surface area contributed by atoms with Crippen LogP contribution in [0.4, 0.5) is 0 Å². The number of ether oxygens (including phenoxy) is 2. The van der Waals surface area contributed by atoms with E-state index in [1.165, 1.54) is 16.7 Å². The second-order valence-electron chi connectivity index (χ2n) is 5.02. The van der Waals surface area contributed by atoms with Gasteiger partial charge in [-0.25, -0.2) is 0 Å². The van der Waals surface area contributed by atoms with Crippen LogP contribution in [0.2, 0.25) is 0 Å². The van der Waals surface area contributed by atoms with Gasteiger partial charge in [0.2, 0.25) is 0 Å². The largest absolute Gasteiger partial charge is 0.379 e. The van der Waals surface area contributed by atoms with Crippen LogP contribution in [0.15, 0.2) is 18.2 Å². The zero-order valence-corrected chi connectivity index (χ0v) is 11.5. The van der Waals surface area contributed by atoms with Gasteiger partial charge in [0.1, 0.15) is 0 Å². The van der Waals surface area contributed by atoms with Gasteiger partial charge in [0.05, 0.1) is 25.4 Å². The van der Waals surface area contributed by atoms with Crippen molar-refractivity contribution in [2.24, 2.45) is 0 Å². The summed E-state index contributed by atoms with van der Waals surface area (Å²) in [5, 5.41) is 3.34. The Hall–Kier alpha value is -0.900. The number of hydrogen-bond donors (Lipinski definition) is 1. The maximum atomic E-state index is 5.92. The Morgan fingerprint density at radius 2 is 2.28 bits per heavy atom. The second-order valence-corrected chi connectivity index (χ2v) is 5.02. The first-order valence-corrected chi connectivity index (χ1v) is 6.64. The average Bonchev–Trinajstić information content (AvgIpc) is 2.87. The zero-order valence-electron chi connectivity index (χ0n) is 11.5. The smallest absolute Gasteiger partial charge is 0.0831 e. The van der Waals surface area contributed by atoms with E-state index in [1.807, 2.05) is 7.05 Å². The first kappa shape index (κ1) is 13.5. The number of benzene rings is 1. The summed E-state index contributed by atoms with van der Waals surface area (Å²) in [5.41, 5.74) is 3.93. The number of hydrogen-bond acceptors (Lipinski definition) is 3. The van der Waals surface area contributed by atoms with Crippen LogP contribution >= 0.6 is 0 Å². The van der Waals surface area contributed by atoms with Crippen molar-refractivity contribution in [1.82, 2.24) is 5.32 Å². The third-order valence-corrected chi connectivity index (χ3v) is 3.55. The highest BCUT2D eigenvalue weighted by Gasteiger charge is 2.19. The molecule has 1 saturated heterocycles. The number of aryl methyl sites for hydroxylation is 2. The molecule has 100 valence electrons. The van der Waals surface area contributed by atoms with Gasteiger partial charge in [-0.15, -0.1) is 0 Å². The van der Waals surface area contributed by atoms with E-state index in [-0.39, 0.29) is 12.1 Å². The van der Waals surface area contributed by atoms with Crippen molar-refractivity contribution in [3.8, 4) is 0 Å². The Labute approximate surface area is 109 Å². The maximum Gasteiger partial charge on any atom is 0.0831 e. The van der Waals surface area contributed by atoms with Gasteiger partial charge >= 0.3 is 0 Å².